The zero-order chi connectivity index (χ0) is 37.8. The summed E-state index contributed by atoms with van der Waals surface area (Å²) < 4.78 is 0. The SMILES string of the molecule is C=Cc1c(C=C)c2c3ccccc3c(-c3ccc4c(c3)-c3cc(-c5cc6c(c7ccccc57)-c5ccccc5C5=CC=CCC56)ccc3C4)cc2c2ccccc12. The van der Waals surface area contributed by atoms with Gasteiger partial charge in [0, 0.05) is 5.92 Å². The third-order valence-corrected chi connectivity index (χ3v) is 13.1. The molecule has 0 aromatic heterocycles. The van der Waals surface area contributed by atoms with E-state index in [-0.39, 0.29) is 0 Å². The van der Waals surface area contributed by atoms with E-state index in [0.29, 0.717) is 5.92 Å². The summed E-state index contributed by atoms with van der Waals surface area (Å²) in [7, 11) is 0. The molecular weight excluding hydrogens is 685 g/mol. The van der Waals surface area contributed by atoms with Gasteiger partial charge in [-0.15, -0.1) is 0 Å². The van der Waals surface area contributed by atoms with Crippen LogP contribution in [-0.4, -0.2) is 0 Å². The van der Waals surface area contributed by atoms with Crippen LogP contribution >= 0.6 is 0 Å². The van der Waals surface area contributed by atoms with Crippen molar-refractivity contribution in [3.05, 3.63) is 210 Å². The molecule has 9 aromatic rings. The van der Waals surface area contributed by atoms with E-state index in [0.717, 1.165) is 24.0 Å². The zero-order valence-corrected chi connectivity index (χ0v) is 31.6. The Kier molecular flexibility index (Phi) is 6.92. The predicted octanol–water partition coefficient (Wildman–Crippen LogP) is 15.6. The van der Waals surface area contributed by atoms with Gasteiger partial charge in [-0.05, 0) is 164 Å². The van der Waals surface area contributed by atoms with E-state index in [1.807, 2.05) is 12.2 Å². The fourth-order valence-corrected chi connectivity index (χ4v) is 10.6. The number of rotatable bonds is 4. The summed E-state index contributed by atoms with van der Waals surface area (Å²) in [6, 6.07) is 55.0. The molecule has 0 heteroatoms. The van der Waals surface area contributed by atoms with Crippen LogP contribution in [0, 0.1) is 0 Å². The van der Waals surface area contributed by atoms with E-state index in [1.54, 1.807) is 0 Å². The zero-order valence-electron chi connectivity index (χ0n) is 31.6. The summed E-state index contributed by atoms with van der Waals surface area (Å²) in [6.45, 7) is 8.51. The van der Waals surface area contributed by atoms with Gasteiger partial charge in [0.15, 0.2) is 0 Å². The molecule has 0 aliphatic heterocycles. The topological polar surface area (TPSA) is 0 Å². The van der Waals surface area contributed by atoms with E-state index in [1.165, 1.54) is 115 Å². The van der Waals surface area contributed by atoms with Crippen LogP contribution in [0.25, 0.3) is 105 Å². The molecule has 0 nitrogen and oxygen atoms in total. The van der Waals surface area contributed by atoms with Crippen LogP contribution in [0.4, 0.5) is 0 Å². The maximum atomic E-state index is 4.29. The number of allylic oxidation sites excluding steroid dienone is 4. The van der Waals surface area contributed by atoms with Crippen molar-refractivity contribution in [2.24, 2.45) is 0 Å². The summed E-state index contributed by atoms with van der Waals surface area (Å²) in [6.07, 6.45) is 12.9. The molecule has 12 rings (SSSR count). The fourth-order valence-electron chi connectivity index (χ4n) is 10.6. The lowest BCUT2D eigenvalue weighted by atomic mass is 9.70. The second-order valence-corrected chi connectivity index (χ2v) is 15.9. The molecule has 0 heterocycles. The van der Waals surface area contributed by atoms with Crippen LogP contribution < -0.4 is 0 Å². The van der Waals surface area contributed by atoms with E-state index < -0.39 is 0 Å². The molecule has 1 unspecified atom stereocenters. The van der Waals surface area contributed by atoms with Crippen LogP contribution in [0.3, 0.4) is 0 Å². The first kappa shape index (κ1) is 32.2. The minimum atomic E-state index is 0.348. The van der Waals surface area contributed by atoms with Gasteiger partial charge in [-0.3, -0.25) is 0 Å². The molecule has 3 aliphatic rings. The largest absolute Gasteiger partial charge is 0.0984 e. The highest BCUT2D eigenvalue weighted by molar-refractivity contribution is 6.25. The molecule has 57 heavy (non-hydrogen) atoms. The monoisotopic (exact) mass is 722 g/mol. The van der Waals surface area contributed by atoms with Crippen molar-refractivity contribution in [1.29, 1.82) is 0 Å². The van der Waals surface area contributed by atoms with E-state index in [2.05, 4.69) is 177 Å². The first-order valence-electron chi connectivity index (χ1n) is 20.1. The molecule has 0 spiro atoms. The van der Waals surface area contributed by atoms with Crippen molar-refractivity contribution >= 4 is 60.8 Å². The standard InChI is InChI=1S/C57H38/c1-3-38-39(4-2)56-48-23-13-10-20-45(48)52(32-54(56)43-18-7-5-15-40(38)43)36-27-25-34-29-35-26-28-37(31-51(35)50(34)30-36)53-33-55-44-19-8-6-16-41(44)42-17-9-12-22-47(42)57(55)49-24-14-11-21-46(49)53/h3-18,20-28,30-33,44H,1-2,19,29H2. The first-order chi connectivity index (χ1) is 28.2. The Balaban J connectivity index is 1.06. The van der Waals surface area contributed by atoms with Crippen molar-refractivity contribution < 1.29 is 0 Å². The lowest BCUT2D eigenvalue weighted by Gasteiger charge is -2.33. The Bertz CT molecular complexity index is 3330. The van der Waals surface area contributed by atoms with Crippen LogP contribution in [0.5, 0.6) is 0 Å². The molecule has 0 saturated heterocycles. The Labute approximate surface area is 333 Å². The van der Waals surface area contributed by atoms with Gasteiger partial charge in [0.1, 0.15) is 0 Å². The van der Waals surface area contributed by atoms with Crippen molar-refractivity contribution in [2.75, 3.05) is 0 Å². The Morgan fingerprint density at radius 3 is 1.74 bits per heavy atom. The Hall–Kier alpha value is -7.02. The molecule has 266 valence electrons. The molecule has 0 saturated carbocycles. The van der Waals surface area contributed by atoms with Gasteiger partial charge in [-0.25, -0.2) is 0 Å². The first-order valence-corrected chi connectivity index (χ1v) is 20.1. The van der Waals surface area contributed by atoms with Crippen molar-refractivity contribution in [3.63, 3.8) is 0 Å². The van der Waals surface area contributed by atoms with Gasteiger partial charge in [0.25, 0.3) is 0 Å². The number of benzene rings is 9. The highest BCUT2D eigenvalue weighted by atomic mass is 14.3. The molecule has 9 aromatic carbocycles. The van der Waals surface area contributed by atoms with Gasteiger partial charge < -0.3 is 0 Å². The molecular formula is C57H38. The van der Waals surface area contributed by atoms with E-state index in [9.17, 15) is 0 Å². The van der Waals surface area contributed by atoms with Gasteiger partial charge in [-0.2, -0.15) is 0 Å². The minimum Gasteiger partial charge on any atom is -0.0984 e. The second kappa shape index (κ2) is 12.2. The molecule has 0 amide bonds. The van der Waals surface area contributed by atoms with Crippen LogP contribution in [-0.2, 0) is 6.42 Å². The van der Waals surface area contributed by atoms with Gasteiger partial charge in [-0.1, -0.05) is 165 Å². The summed E-state index contributed by atoms with van der Waals surface area (Å²) in [5.41, 5.74) is 19.8. The van der Waals surface area contributed by atoms with Crippen molar-refractivity contribution in [2.45, 2.75) is 18.8 Å². The van der Waals surface area contributed by atoms with E-state index in [4.69, 9.17) is 0 Å². The third-order valence-electron chi connectivity index (χ3n) is 13.1. The summed E-state index contributed by atoms with van der Waals surface area (Å²) >= 11 is 0. The normalized spacial score (nSPS) is 14.9. The Morgan fingerprint density at radius 2 is 1.04 bits per heavy atom. The molecule has 0 bridgehead atoms. The average Bonchev–Trinajstić information content (AvgIpc) is 3.65. The summed E-state index contributed by atoms with van der Waals surface area (Å²) in [4.78, 5) is 0. The smallest absolute Gasteiger partial charge is 0.0137 e. The van der Waals surface area contributed by atoms with Gasteiger partial charge in [0.05, 0.1) is 0 Å². The van der Waals surface area contributed by atoms with Crippen LogP contribution in [0.1, 0.15) is 45.7 Å². The highest BCUT2D eigenvalue weighted by Crippen LogP contribution is 2.54. The summed E-state index contributed by atoms with van der Waals surface area (Å²) in [5, 5.41) is 10.1. The Morgan fingerprint density at radius 1 is 0.456 bits per heavy atom. The molecule has 3 aliphatic carbocycles. The third kappa shape index (κ3) is 4.56. The number of fused-ring (bicyclic) bond motifs is 16. The van der Waals surface area contributed by atoms with Crippen molar-refractivity contribution in [3.8, 4) is 44.5 Å². The quantitative estimate of drug-likeness (QED) is 0.159. The lowest BCUT2D eigenvalue weighted by Crippen LogP contribution is -2.12. The highest BCUT2D eigenvalue weighted by Gasteiger charge is 2.32. The fraction of sp³-hybridized carbons (Fsp3) is 0.0526. The number of hydrogen-bond donors (Lipinski definition) is 0. The average molecular weight is 723 g/mol. The maximum Gasteiger partial charge on any atom is 0.0137 e. The van der Waals surface area contributed by atoms with Gasteiger partial charge >= 0.3 is 0 Å². The molecule has 0 fully saturated rings. The molecule has 1 atom stereocenters. The maximum absolute atomic E-state index is 4.29. The second-order valence-electron chi connectivity index (χ2n) is 15.9. The molecule has 0 N–H and O–H groups in total. The number of hydrogen-bond acceptors (Lipinski definition) is 0. The van der Waals surface area contributed by atoms with Crippen LogP contribution in [0.2, 0.25) is 0 Å². The minimum absolute atomic E-state index is 0.348. The summed E-state index contributed by atoms with van der Waals surface area (Å²) in [5.74, 6) is 0.348. The van der Waals surface area contributed by atoms with Gasteiger partial charge in [0.2, 0.25) is 0 Å². The van der Waals surface area contributed by atoms with Crippen LogP contribution in [0.15, 0.2) is 177 Å². The lowest BCUT2D eigenvalue weighted by molar-refractivity contribution is 0.870. The van der Waals surface area contributed by atoms with E-state index >= 15 is 0 Å². The predicted molar refractivity (Wildman–Crippen MR) is 246 cm³/mol. The molecule has 0 radical (unpaired) electrons. The van der Waals surface area contributed by atoms with Crippen molar-refractivity contribution in [1.82, 2.24) is 0 Å².